The van der Waals surface area contributed by atoms with Gasteiger partial charge in [0.15, 0.2) is 11.4 Å². The van der Waals surface area contributed by atoms with Crippen molar-refractivity contribution >= 4 is 28.9 Å². The number of nitrogens with zero attached hydrogens (tertiary/aromatic N) is 2. The van der Waals surface area contributed by atoms with E-state index in [-0.39, 0.29) is 29.7 Å². The highest BCUT2D eigenvalue weighted by molar-refractivity contribution is 6.24. The Kier molecular flexibility index (Phi) is 6.08. The molecule has 0 radical (unpaired) electrons. The molecule has 4 aliphatic carbocycles. The summed E-state index contributed by atoms with van der Waals surface area (Å²) in [5.41, 5.74) is 4.16. The number of nitrogens with one attached hydrogen (secondary N) is 1. The van der Waals surface area contributed by atoms with Gasteiger partial charge in [0.2, 0.25) is 5.78 Å². The fourth-order valence-corrected chi connectivity index (χ4v) is 6.60. The minimum Gasteiger partial charge on any atom is -0.508 e. The third-order valence-corrected chi connectivity index (χ3v) is 8.38. The summed E-state index contributed by atoms with van der Waals surface area (Å²) in [6.07, 6.45) is 2.51. The molecule has 38 heavy (non-hydrogen) atoms. The smallest absolute Gasteiger partial charge is 0.255 e. The minimum atomic E-state index is -2.64. The largest absolute Gasteiger partial charge is 0.508 e. The van der Waals surface area contributed by atoms with Gasteiger partial charge in [-0.05, 0) is 62.9 Å². The molecule has 11 heteroatoms. The predicted molar refractivity (Wildman–Crippen MR) is 138 cm³/mol. The summed E-state index contributed by atoms with van der Waals surface area (Å²) in [4.78, 5) is 42.6. The monoisotopic (exact) mass is 526 g/mol. The van der Waals surface area contributed by atoms with Gasteiger partial charge in [-0.1, -0.05) is 0 Å². The summed E-state index contributed by atoms with van der Waals surface area (Å²) in [5, 5.41) is 48.5. The van der Waals surface area contributed by atoms with Crippen molar-refractivity contribution in [2.24, 2.45) is 17.6 Å². The van der Waals surface area contributed by atoms with E-state index in [0.717, 1.165) is 24.1 Å². The van der Waals surface area contributed by atoms with Crippen LogP contribution in [-0.2, 0) is 27.3 Å². The van der Waals surface area contributed by atoms with Gasteiger partial charge in [0, 0.05) is 43.9 Å². The maximum Gasteiger partial charge on any atom is 0.255 e. The normalized spacial score (nSPS) is 28.8. The number of ketones is 2. The Labute approximate surface area is 220 Å². The maximum absolute atomic E-state index is 13.9. The van der Waals surface area contributed by atoms with Crippen LogP contribution in [0.3, 0.4) is 0 Å². The molecule has 0 saturated heterocycles. The SMILES string of the molecule is CN(C)c1c(CNC2CC2)cc(O)c2c1C[C@H]1C[C@H]3[C@H](N(C)C)C(=O)C(C(N)=O)=C(O)[C@@]3(O)C(=O)C1=C2O. The van der Waals surface area contributed by atoms with Crippen LogP contribution in [0.4, 0.5) is 5.69 Å². The van der Waals surface area contributed by atoms with Crippen LogP contribution >= 0.6 is 0 Å². The number of anilines is 1. The van der Waals surface area contributed by atoms with Crippen LogP contribution in [0.15, 0.2) is 23.0 Å². The van der Waals surface area contributed by atoms with Gasteiger partial charge in [0.1, 0.15) is 22.8 Å². The third-order valence-electron chi connectivity index (χ3n) is 8.38. The van der Waals surface area contributed by atoms with Crippen molar-refractivity contribution in [1.82, 2.24) is 10.2 Å². The lowest BCUT2D eigenvalue weighted by Gasteiger charge is -2.50. The number of carbonyl (C=O) groups is 3. The van der Waals surface area contributed by atoms with Crippen LogP contribution in [0.5, 0.6) is 5.75 Å². The van der Waals surface area contributed by atoms with Crippen LogP contribution in [0.2, 0.25) is 0 Å². The number of aliphatic hydroxyl groups excluding tert-OH is 2. The molecule has 2 fully saturated rings. The molecule has 11 nitrogen and oxygen atoms in total. The number of carbonyl (C=O) groups excluding carboxylic acids is 3. The Hall–Kier alpha value is -3.41. The van der Waals surface area contributed by atoms with E-state index in [2.05, 4.69) is 5.32 Å². The molecule has 0 aromatic heterocycles. The molecule has 0 spiro atoms. The number of aliphatic hydroxyl groups is 3. The lowest BCUT2D eigenvalue weighted by molar-refractivity contribution is -0.153. The van der Waals surface area contributed by atoms with Crippen molar-refractivity contribution in [2.75, 3.05) is 33.1 Å². The Balaban J connectivity index is 1.69. The number of phenolic OH excluding ortho intramolecular Hbond substituents is 1. The first-order valence-electron chi connectivity index (χ1n) is 12.7. The van der Waals surface area contributed by atoms with Gasteiger partial charge in [0.25, 0.3) is 5.91 Å². The van der Waals surface area contributed by atoms with E-state index in [4.69, 9.17) is 5.73 Å². The fraction of sp³-hybridized carbons (Fsp3) is 0.519. The topological polar surface area (TPSA) is 177 Å². The molecule has 5 rings (SSSR count). The summed E-state index contributed by atoms with van der Waals surface area (Å²) in [5.74, 6) is -6.52. The van der Waals surface area contributed by atoms with E-state index >= 15 is 0 Å². The average Bonchev–Trinajstić information content (AvgIpc) is 3.63. The molecule has 7 N–H and O–H groups in total. The molecule has 4 atom stereocenters. The summed E-state index contributed by atoms with van der Waals surface area (Å²) in [6.45, 7) is 0.522. The molecule has 0 bridgehead atoms. The van der Waals surface area contributed by atoms with Crippen molar-refractivity contribution in [3.63, 3.8) is 0 Å². The summed E-state index contributed by atoms with van der Waals surface area (Å²) in [7, 11) is 6.89. The number of rotatable bonds is 6. The Morgan fingerprint density at radius 2 is 1.82 bits per heavy atom. The van der Waals surface area contributed by atoms with Crippen LogP contribution in [0, 0.1) is 11.8 Å². The minimum absolute atomic E-state index is 0.0595. The number of hydrogen-bond donors (Lipinski definition) is 6. The molecular formula is C27H34N4O7. The van der Waals surface area contributed by atoms with Gasteiger partial charge in [-0.15, -0.1) is 0 Å². The van der Waals surface area contributed by atoms with Crippen LogP contribution in [0.1, 0.15) is 36.0 Å². The van der Waals surface area contributed by atoms with Crippen molar-refractivity contribution in [1.29, 1.82) is 0 Å². The van der Waals surface area contributed by atoms with Gasteiger partial charge >= 0.3 is 0 Å². The van der Waals surface area contributed by atoms with Gasteiger partial charge < -0.3 is 36.4 Å². The van der Waals surface area contributed by atoms with Gasteiger partial charge in [-0.3, -0.25) is 19.3 Å². The zero-order valence-electron chi connectivity index (χ0n) is 21.9. The second kappa shape index (κ2) is 8.82. The van der Waals surface area contributed by atoms with Crippen molar-refractivity contribution < 1.29 is 34.8 Å². The van der Waals surface area contributed by atoms with Gasteiger partial charge in [-0.2, -0.15) is 0 Å². The molecule has 0 heterocycles. The molecule has 204 valence electrons. The van der Waals surface area contributed by atoms with Crippen LogP contribution < -0.4 is 16.0 Å². The quantitative estimate of drug-likeness (QED) is 0.282. The number of fused-ring (bicyclic) bond motifs is 3. The number of benzene rings is 1. The Morgan fingerprint density at radius 3 is 2.37 bits per heavy atom. The number of primary amides is 1. The lowest BCUT2D eigenvalue weighted by atomic mass is 9.57. The van der Waals surface area contributed by atoms with E-state index in [9.17, 15) is 34.8 Å². The van der Waals surface area contributed by atoms with Gasteiger partial charge in [0.05, 0.1) is 11.6 Å². The van der Waals surface area contributed by atoms with E-state index in [1.165, 1.54) is 4.90 Å². The maximum atomic E-state index is 13.9. The molecule has 4 aliphatic rings. The highest BCUT2D eigenvalue weighted by Gasteiger charge is 2.64. The molecule has 0 unspecified atom stereocenters. The Bertz CT molecular complexity index is 1330. The molecular weight excluding hydrogens is 492 g/mol. The number of amides is 1. The molecule has 1 amide bonds. The average molecular weight is 527 g/mol. The summed E-state index contributed by atoms with van der Waals surface area (Å²) < 4.78 is 0. The van der Waals surface area contributed by atoms with E-state index in [1.807, 2.05) is 19.0 Å². The fourth-order valence-electron chi connectivity index (χ4n) is 6.60. The van der Waals surface area contributed by atoms with Gasteiger partial charge in [-0.25, -0.2) is 0 Å². The summed E-state index contributed by atoms with van der Waals surface area (Å²) >= 11 is 0. The van der Waals surface area contributed by atoms with E-state index < -0.39 is 58.0 Å². The van der Waals surface area contributed by atoms with Crippen LogP contribution in [0.25, 0.3) is 5.76 Å². The standard InChI is InChI=1S/C27H34N4O7/c1-30(2)20-12(10-29-13-5-6-13)9-16(32)18-14(20)7-11-8-15-21(31(3)4)23(34)19(26(28)37)25(36)27(15,38)24(35)17(11)22(18)33/h9,11,13,15,21,29,32-33,36,38H,5-8,10H2,1-4H3,(H2,28,37)/t11-,15-,21-,27-/m0/s1. The number of Topliss-reactive ketones (excluding diaryl/α,β-unsaturated/α-hetero) is 2. The number of hydrogen-bond acceptors (Lipinski definition) is 10. The first kappa shape index (κ1) is 26.2. The first-order chi connectivity index (χ1) is 17.8. The third kappa shape index (κ3) is 3.63. The zero-order chi connectivity index (χ0) is 27.8. The molecule has 1 aromatic rings. The highest BCUT2D eigenvalue weighted by atomic mass is 16.3. The Morgan fingerprint density at radius 1 is 1.16 bits per heavy atom. The molecule has 1 aromatic carbocycles. The van der Waals surface area contributed by atoms with E-state index in [0.29, 0.717) is 18.2 Å². The summed E-state index contributed by atoms with van der Waals surface area (Å²) in [6, 6.07) is 0.896. The zero-order valence-corrected chi connectivity index (χ0v) is 21.9. The first-order valence-corrected chi connectivity index (χ1v) is 12.7. The van der Waals surface area contributed by atoms with Crippen molar-refractivity contribution in [2.45, 2.75) is 49.9 Å². The second-order valence-electron chi connectivity index (χ2n) is 11.3. The lowest BCUT2D eigenvalue weighted by Crippen LogP contribution is -2.65. The van der Waals surface area contributed by atoms with Crippen molar-refractivity contribution in [3.05, 3.63) is 39.7 Å². The number of nitrogens with two attached hydrogens (primary N) is 1. The molecule has 2 saturated carbocycles. The number of aromatic hydroxyl groups is 1. The second-order valence-corrected chi connectivity index (χ2v) is 11.3. The van der Waals surface area contributed by atoms with Crippen molar-refractivity contribution in [3.8, 4) is 5.75 Å². The van der Waals surface area contributed by atoms with E-state index in [1.54, 1.807) is 20.2 Å². The molecule has 0 aliphatic heterocycles. The number of likely N-dealkylation sites (N-methyl/N-ethyl adjacent to an activating group) is 1. The predicted octanol–water partition coefficient (Wildman–Crippen LogP) is 0.282. The highest BCUT2D eigenvalue weighted by Crippen LogP contribution is 2.54. The number of phenols is 1. The van der Waals surface area contributed by atoms with Crippen LogP contribution in [-0.4, -0.2) is 88.7 Å².